The fraction of sp³-hybridized carbons (Fsp3) is 0.256. The molecular formula is C39H41N5O4. The Labute approximate surface area is 280 Å². The molecule has 0 radical (unpaired) electrons. The molecule has 0 saturated heterocycles. The molecule has 6 rings (SSSR count). The molecule has 1 aliphatic rings. The number of urea groups is 1. The summed E-state index contributed by atoms with van der Waals surface area (Å²) in [6.45, 7) is 4.78. The van der Waals surface area contributed by atoms with Crippen LogP contribution in [0.5, 0.6) is 0 Å². The van der Waals surface area contributed by atoms with Gasteiger partial charge in [-0.05, 0) is 67.6 Å². The van der Waals surface area contributed by atoms with Crippen LogP contribution in [0.1, 0.15) is 43.6 Å². The Balaban J connectivity index is 1.14. The second-order valence-electron chi connectivity index (χ2n) is 12.8. The third-order valence-corrected chi connectivity index (χ3v) is 8.71. The van der Waals surface area contributed by atoms with Crippen molar-refractivity contribution in [1.29, 1.82) is 0 Å². The van der Waals surface area contributed by atoms with Crippen molar-refractivity contribution in [1.82, 2.24) is 16.0 Å². The van der Waals surface area contributed by atoms with Gasteiger partial charge in [-0.25, -0.2) is 4.79 Å². The van der Waals surface area contributed by atoms with Crippen LogP contribution in [0.3, 0.4) is 0 Å². The maximum atomic E-state index is 14.1. The number of carbonyl (C=O) groups is 3. The number of amides is 4. The summed E-state index contributed by atoms with van der Waals surface area (Å²) in [4.78, 5) is 41.3. The van der Waals surface area contributed by atoms with Crippen molar-refractivity contribution in [2.75, 3.05) is 17.3 Å². The summed E-state index contributed by atoms with van der Waals surface area (Å²) in [7, 11) is 1.58. The number of anilines is 2. The van der Waals surface area contributed by atoms with E-state index >= 15 is 0 Å². The largest absolute Gasteiger partial charge is 0.460 e. The van der Waals surface area contributed by atoms with Gasteiger partial charge in [-0.2, -0.15) is 0 Å². The third kappa shape index (κ3) is 7.58. The van der Waals surface area contributed by atoms with Crippen LogP contribution in [0.4, 0.5) is 16.2 Å². The number of nitrogens with zero attached hydrogens (tertiary/aromatic N) is 1. The highest BCUT2D eigenvalue weighted by atomic mass is 16.3. The lowest BCUT2D eigenvalue weighted by Crippen LogP contribution is -2.50. The van der Waals surface area contributed by atoms with Crippen molar-refractivity contribution in [2.24, 2.45) is 0 Å². The molecule has 0 saturated carbocycles. The van der Waals surface area contributed by atoms with Gasteiger partial charge in [0.2, 0.25) is 11.8 Å². The van der Waals surface area contributed by atoms with Gasteiger partial charge in [0.25, 0.3) is 0 Å². The van der Waals surface area contributed by atoms with Crippen molar-refractivity contribution in [3.63, 3.8) is 0 Å². The lowest BCUT2D eigenvalue weighted by atomic mass is 9.99. The van der Waals surface area contributed by atoms with Gasteiger partial charge in [0, 0.05) is 35.6 Å². The van der Waals surface area contributed by atoms with E-state index in [-0.39, 0.29) is 24.3 Å². The summed E-state index contributed by atoms with van der Waals surface area (Å²) in [6.07, 6.45) is 1.38. The smallest absolute Gasteiger partial charge is 0.318 e. The molecule has 0 aliphatic carbocycles. The Kier molecular flexibility index (Phi) is 9.59. The molecule has 4 aromatic carbocycles. The quantitative estimate of drug-likeness (QED) is 0.134. The monoisotopic (exact) mass is 643 g/mol. The van der Waals surface area contributed by atoms with E-state index in [0.717, 1.165) is 44.7 Å². The molecule has 246 valence electrons. The van der Waals surface area contributed by atoms with Crippen LogP contribution in [0, 0.1) is 0 Å². The number of fused-ring (bicyclic) bond motifs is 2. The van der Waals surface area contributed by atoms with Gasteiger partial charge < -0.3 is 30.6 Å². The molecule has 9 nitrogen and oxygen atoms in total. The minimum atomic E-state index is -0.655. The molecular weight excluding hydrogens is 602 g/mol. The molecule has 9 heteroatoms. The zero-order chi connectivity index (χ0) is 33.7. The van der Waals surface area contributed by atoms with Crippen molar-refractivity contribution in [3.05, 3.63) is 120 Å². The average Bonchev–Trinajstić information content (AvgIpc) is 3.47. The fourth-order valence-electron chi connectivity index (χ4n) is 6.17. The highest BCUT2D eigenvalue weighted by molar-refractivity contribution is 6.00. The van der Waals surface area contributed by atoms with Gasteiger partial charge in [-0.3, -0.25) is 9.59 Å². The van der Waals surface area contributed by atoms with Crippen molar-refractivity contribution in [2.45, 2.75) is 57.8 Å². The predicted octanol–water partition coefficient (Wildman–Crippen LogP) is 6.77. The van der Waals surface area contributed by atoms with Gasteiger partial charge in [-0.1, -0.05) is 78.9 Å². The van der Waals surface area contributed by atoms with E-state index in [1.54, 1.807) is 11.9 Å². The maximum absolute atomic E-state index is 14.1. The average molecular weight is 644 g/mol. The summed E-state index contributed by atoms with van der Waals surface area (Å²) in [5, 5.41) is 13.0. The number of hydrogen-bond acceptors (Lipinski definition) is 5. The number of benzene rings is 4. The lowest BCUT2D eigenvalue weighted by Gasteiger charge is -2.29. The Hall–Kier alpha value is -5.41. The molecule has 0 unspecified atom stereocenters. The lowest BCUT2D eigenvalue weighted by molar-refractivity contribution is -0.128. The fourth-order valence-corrected chi connectivity index (χ4v) is 6.17. The SMILES string of the molecule is CNC(=O)Nc1ccccc1-c1ccc(CN2C(=O)[C@H](NC(=O)CC(C)(C)NCc3cc4ccccc4o3)CCc3ccccc32)cc1. The van der Waals surface area contributed by atoms with E-state index in [2.05, 4.69) is 21.3 Å². The molecule has 0 bridgehead atoms. The first-order chi connectivity index (χ1) is 23.2. The summed E-state index contributed by atoms with van der Waals surface area (Å²) in [5.41, 5.74) is 5.71. The molecule has 4 N–H and O–H groups in total. The second kappa shape index (κ2) is 14.1. The molecule has 4 amide bonds. The van der Waals surface area contributed by atoms with Crippen LogP contribution in [0.2, 0.25) is 0 Å². The molecule has 1 aliphatic heterocycles. The second-order valence-corrected chi connectivity index (χ2v) is 12.8. The van der Waals surface area contributed by atoms with Crippen molar-refractivity contribution in [3.8, 4) is 11.1 Å². The molecule has 48 heavy (non-hydrogen) atoms. The van der Waals surface area contributed by atoms with E-state index in [0.29, 0.717) is 31.6 Å². The topological polar surface area (TPSA) is 116 Å². The Bertz CT molecular complexity index is 1900. The molecule has 0 fully saturated rings. The van der Waals surface area contributed by atoms with Crippen molar-refractivity contribution < 1.29 is 18.8 Å². The summed E-state index contributed by atoms with van der Waals surface area (Å²) in [6, 6.07) is 32.5. The number of hydrogen-bond donors (Lipinski definition) is 4. The number of para-hydroxylation sites is 3. The van der Waals surface area contributed by atoms with Crippen LogP contribution in [0.25, 0.3) is 22.1 Å². The Morgan fingerprint density at radius 3 is 2.44 bits per heavy atom. The van der Waals surface area contributed by atoms with E-state index in [1.807, 2.05) is 117 Å². The number of aryl methyl sites for hydroxylation is 1. The predicted molar refractivity (Wildman–Crippen MR) is 190 cm³/mol. The highest BCUT2D eigenvalue weighted by Crippen LogP contribution is 2.31. The summed E-state index contributed by atoms with van der Waals surface area (Å²) in [5.74, 6) is 0.482. The van der Waals surface area contributed by atoms with Crippen LogP contribution in [-0.2, 0) is 29.1 Å². The van der Waals surface area contributed by atoms with E-state index in [4.69, 9.17) is 4.42 Å². The zero-order valence-electron chi connectivity index (χ0n) is 27.5. The van der Waals surface area contributed by atoms with Gasteiger partial charge in [0.15, 0.2) is 0 Å². The first-order valence-electron chi connectivity index (χ1n) is 16.3. The van der Waals surface area contributed by atoms with Gasteiger partial charge >= 0.3 is 6.03 Å². The maximum Gasteiger partial charge on any atom is 0.318 e. The minimum Gasteiger partial charge on any atom is -0.460 e. The highest BCUT2D eigenvalue weighted by Gasteiger charge is 2.32. The van der Waals surface area contributed by atoms with Gasteiger partial charge in [0.05, 0.1) is 18.8 Å². The van der Waals surface area contributed by atoms with Gasteiger partial charge in [-0.15, -0.1) is 0 Å². The van der Waals surface area contributed by atoms with Crippen LogP contribution in [0.15, 0.2) is 108 Å². The minimum absolute atomic E-state index is 0.134. The molecule has 0 spiro atoms. The van der Waals surface area contributed by atoms with Crippen LogP contribution in [-0.4, -0.2) is 36.5 Å². The van der Waals surface area contributed by atoms with E-state index < -0.39 is 11.6 Å². The number of rotatable bonds is 10. The van der Waals surface area contributed by atoms with E-state index in [9.17, 15) is 14.4 Å². The molecule has 1 atom stereocenters. The van der Waals surface area contributed by atoms with Crippen LogP contribution >= 0.6 is 0 Å². The standard InChI is InChI=1S/C39H41N5O4/c1-39(2,41-24-30-22-29-11-5-9-15-35(29)48-30)23-36(45)42-33-21-20-28-10-4-8-14-34(28)44(37(33)46)25-26-16-18-27(19-17-26)31-12-6-7-13-32(31)43-38(47)40-3/h4-19,22,33,41H,20-21,23-25H2,1-3H3,(H,42,45)(H2,40,43,47)/t33-/m1/s1. The van der Waals surface area contributed by atoms with Crippen molar-refractivity contribution >= 4 is 40.2 Å². The summed E-state index contributed by atoms with van der Waals surface area (Å²) < 4.78 is 5.93. The first-order valence-corrected chi connectivity index (χ1v) is 16.3. The normalized spacial score (nSPS) is 14.7. The van der Waals surface area contributed by atoms with E-state index in [1.165, 1.54) is 0 Å². The number of carbonyl (C=O) groups excluding carboxylic acids is 3. The summed E-state index contributed by atoms with van der Waals surface area (Å²) >= 11 is 0. The molecule has 2 heterocycles. The zero-order valence-corrected chi connectivity index (χ0v) is 27.5. The number of nitrogens with one attached hydrogen (secondary N) is 4. The molecule has 5 aromatic rings. The molecule has 1 aromatic heterocycles. The first kappa shape index (κ1) is 32.5. The van der Waals surface area contributed by atoms with Gasteiger partial charge in [0.1, 0.15) is 17.4 Å². The van der Waals surface area contributed by atoms with Crippen LogP contribution < -0.4 is 26.2 Å². The Morgan fingerprint density at radius 1 is 0.917 bits per heavy atom. The Morgan fingerprint density at radius 2 is 1.65 bits per heavy atom. The number of furan rings is 1. The third-order valence-electron chi connectivity index (χ3n) is 8.71.